The smallest absolute Gasteiger partial charge is 0.374 e. The van der Waals surface area contributed by atoms with E-state index in [1.54, 1.807) is 19.1 Å². The van der Waals surface area contributed by atoms with Gasteiger partial charge in [-0.05, 0) is 19.1 Å². The van der Waals surface area contributed by atoms with Crippen molar-refractivity contribution in [2.24, 2.45) is 5.10 Å². The number of nitrogen functional groups attached to an aromatic ring is 1. The van der Waals surface area contributed by atoms with Crippen LogP contribution in [-0.4, -0.2) is 17.7 Å². The van der Waals surface area contributed by atoms with Gasteiger partial charge in [-0.2, -0.15) is 5.10 Å². The largest absolute Gasteiger partial charge is 0.397 e. The molecule has 0 amide bonds. The van der Waals surface area contributed by atoms with E-state index in [-0.39, 0.29) is 6.04 Å². The molecule has 0 aromatic heterocycles. The third-order valence-corrected chi connectivity index (χ3v) is 2.21. The number of para-hydroxylation sites is 2. The number of rotatable bonds is 2. The summed E-state index contributed by atoms with van der Waals surface area (Å²) in [6, 6.07) is 6.94. The van der Waals surface area contributed by atoms with Crippen LogP contribution in [0.25, 0.3) is 0 Å². The minimum atomic E-state index is -0.477. The topological polar surface area (TPSA) is 88.7 Å². The third-order valence-electron chi connectivity index (χ3n) is 2.21. The highest BCUT2D eigenvalue weighted by molar-refractivity contribution is 6.39. The molecule has 16 heavy (non-hydrogen) atoms. The average Bonchev–Trinajstić information content (AvgIpc) is 2.58. The van der Waals surface area contributed by atoms with E-state index in [0.717, 1.165) is 0 Å². The van der Waals surface area contributed by atoms with Gasteiger partial charge in [0.2, 0.25) is 0 Å². The Kier molecular flexibility index (Phi) is 2.74. The lowest BCUT2D eigenvalue weighted by atomic mass is 10.2. The number of benzene rings is 1. The van der Waals surface area contributed by atoms with Crippen LogP contribution in [0.2, 0.25) is 0 Å². The second-order valence-corrected chi connectivity index (χ2v) is 3.43. The molecule has 1 aromatic rings. The van der Waals surface area contributed by atoms with Crippen molar-refractivity contribution in [3.8, 4) is 0 Å². The summed E-state index contributed by atoms with van der Waals surface area (Å²) in [6.45, 7) is 1.78. The van der Waals surface area contributed by atoms with Crippen LogP contribution in [0.4, 0.5) is 11.4 Å². The molecule has 1 heterocycles. The number of carbonyl (C=O) groups excluding carboxylic acids is 1. The molecule has 2 rings (SSSR count). The summed E-state index contributed by atoms with van der Waals surface area (Å²) in [6.07, 6.45) is 0. The van der Waals surface area contributed by atoms with Crippen LogP contribution in [0.3, 0.4) is 0 Å². The molecule has 0 radical (unpaired) electrons. The summed E-state index contributed by atoms with van der Waals surface area (Å²) in [4.78, 5) is 15.8. The lowest BCUT2D eigenvalue weighted by Crippen LogP contribution is -2.24. The average molecular weight is 220 g/mol. The standard InChI is InChI=1S/C10H12N4O2/c1-6-9(10(15)16-14-6)13-12-8-5-3-2-4-7(8)11/h2-6,12,14H,11H2,1H3. The summed E-state index contributed by atoms with van der Waals surface area (Å²) < 4.78 is 0. The normalized spacial score (nSPS) is 22.2. The molecule has 0 spiro atoms. The number of hydroxylamine groups is 1. The van der Waals surface area contributed by atoms with Crippen molar-refractivity contribution >= 4 is 23.1 Å². The molecule has 6 nitrogen and oxygen atoms in total. The van der Waals surface area contributed by atoms with Crippen molar-refractivity contribution in [1.29, 1.82) is 0 Å². The third kappa shape index (κ3) is 1.96. The fraction of sp³-hybridized carbons (Fsp3) is 0.200. The minimum Gasteiger partial charge on any atom is -0.397 e. The van der Waals surface area contributed by atoms with E-state index in [2.05, 4.69) is 20.8 Å². The Morgan fingerprint density at radius 2 is 2.25 bits per heavy atom. The fourth-order valence-electron chi connectivity index (χ4n) is 1.29. The maximum Gasteiger partial charge on any atom is 0.374 e. The van der Waals surface area contributed by atoms with Gasteiger partial charge in [-0.15, -0.1) is 5.48 Å². The van der Waals surface area contributed by atoms with Crippen LogP contribution in [0.1, 0.15) is 6.92 Å². The Balaban J connectivity index is 2.15. The zero-order valence-electron chi connectivity index (χ0n) is 8.73. The maximum atomic E-state index is 11.2. The van der Waals surface area contributed by atoms with Crippen molar-refractivity contribution in [1.82, 2.24) is 5.48 Å². The SMILES string of the molecule is CC1NOC(=O)C1=NNc1ccccc1N. The van der Waals surface area contributed by atoms with Crippen LogP contribution in [0, 0.1) is 0 Å². The minimum absolute atomic E-state index is 0.232. The first-order chi connectivity index (χ1) is 7.68. The monoisotopic (exact) mass is 220 g/mol. The van der Waals surface area contributed by atoms with Gasteiger partial charge in [-0.3, -0.25) is 5.43 Å². The molecule has 0 aliphatic carbocycles. The van der Waals surface area contributed by atoms with E-state index in [0.29, 0.717) is 17.1 Å². The number of nitrogens with two attached hydrogens (primary N) is 1. The Hall–Kier alpha value is -2.08. The van der Waals surface area contributed by atoms with Crippen molar-refractivity contribution in [3.05, 3.63) is 24.3 Å². The molecule has 1 aromatic carbocycles. The highest BCUT2D eigenvalue weighted by Crippen LogP contribution is 2.16. The van der Waals surface area contributed by atoms with Gasteiger partial charge in [0.1, 0.15) is 0 Å². The molecule has 84 valence electrons. The number of hydrazone groups is 1. The highest BCUT2D eigenvalue weighted by atomic mass is 16.7. The van der Waals surface area contributed by atoms with E-state index >= 15 is 0 Å². The predicted molar refractivity (Wildman–Crippen MR) is 60.6 cm³/mol. The van der Waals surface area contributed by atoms with Gasteiger partial charge >= 0.3 is 5.97 Å². The maximum absolute atomic E-state index is 11.2. The number of anilines is 2. The van der Waals surface area contributed by atoms with E-state index in [4.69, 9.17) is 5.73 Å². The molecule has 1 atom stereocenters. The first kappa shape index (κ1) is 10.4. The molecule has 0 bridgehead atoms. The van der Waals surface area contributed by atoms with Gasteiger partial charge in [0.15, 0.2) is 5.71 Å². The Labute approximate surface area is 92.4 Å². The van der Waals surface area contributed by atoms with E-state index in [1.807, 2.05) is 12.1 Å². The summed E-state index contributed by atoms with van der Waals surface area (Å²) >= 11 is 0. The molecule has 4 N–H and O–H groups in total. The second-order valence-electron chi connectivity index (χ2n) is 3.43. The molecule has 1 saturated heterocycles. The highest BCUT2D eigenvalue weighted by Gasteiger charge is 2.29. The zero-order chi connectivity index (χ0) is 11.5. The first-order valence-corrected chi connectivity index (χ1v) is 4.83. The lowest BCUT2D eigenvalue weighted by Gasteiger charge is -2.04. The number of carbonyl (C=O) groups is 1. The van der Waals surface area contributed by atoms with Crippen molar-refractivity contribution in [2.45, 2.75) is 13.0 Å². The molecule has 0 saturated carbocycles. The number of nitrogens with one attached hydrogen (secondary N) is 2. The van der Waals surface area contributed by atoms with Crippen LogP contribution in [-0.2, 0) is 9.63 Å². The van der Waals surface area contributed by atoms with Crippen LogP contribution < -0.4 is 16.6 Å². The van der Waals surface area contributed by atoms with Gasteiger partial charge in [0, 0.05) is 0 Å². The van der Waals surface area contributed by atoms with E-state index in [1.165, 1.54) is 0 Å². The van der Waals surface area contributed by atoms with Crippen molar-refractivity contribution in [2.75, 3.05) is 11.2 Å². The van der Waals surface area contributed by atoms with Gasteiger partial charge in [0.05, 0.1) is 17.4 Å². The molecule has 6 heteroatoms. The van der Waals surface area contributed by atoms with Gasteiger partial charge in [0.25, 0.3) is 0 Å². The molecular formula is C10H12N4O2. The van der Waals surface area contributed by atoms with Gasteiger partial charge in [-0.25, -0.2) is 4.79 Å². The number of hydrogen-bond donors (Lipinski definition) is 3. The molecule has 1 fully saturated rings. The Morgan fingerprint density at radius 1 is 1.50 bits per heavy atom. The van der Waals surface area contributed by atoms with Crippen molar-refractivity contribution in [3.63, 3.8) is 0 Å². The molecular weight excluding hydrogens is 208 g/mol. The van der Waals surface area contributed by atoms with E-state index in [9.17, 15) is 4.79 Å². The summed E-state index contributed by atoms with van der Waals surface area (Å²) in [5.41, 5.74) is 12.5. The first-order valence-electron chi connectivity index (χ1n) is 4.83. The van der Waals surface area contributed by atoms with Crippen molar-refractivity contribution < 1.29 is 9.63 Å². The van der Waals surface area contributed by atoms with Crippen LogP contribution in [0.5, 0.6) is 0 Å². The zero-order valence-corrected chi connectivity index (χ0v) is 8.73. The fourth-order valence-corrected chi connectivity index (χ4v) is 1.29. The number of hydrogen-bond acceptors (Lipinski definition) is 6. The quantitative estimate of drug-likeness (QED) is 0.498. The Morgan fingerprint density at radius 3 is 2.88 bits per heavy atom. The Bertz CT molecular complexity index is 444. The lowest BCUT2D eigenvalue weighted by molar-refractivity contribution is -0.138. The molecule has 1 aliphatic rings. The van der Waals surface area contributed by atoms with E-state index < -0.39 is 5.97 Å². The predicted octanol–water partition coefficient (Wildman–Crippen LogP) is 0.487. The number of nitrogens with zero attached hydrogens (tertiary/aromatic N) is 1. The molecule has 1 aliphatic heterocycles. The summed E-state index contributed by atoms with van der Waals surface area (Å²) in [7, 11) is 0. The summed E-state index contributed by atoms with van der Waals surface area (Å²) in [5.74, 6) is -0.477. The molecule has 1 unspecified atom stereocenters. The van der Waals surface area contributed by atoms with Crippen LogP contribution >= 0.6 is 0 Å². The van der Waals surface area contributed by atoms with Gasteiger partial charge < -0.3 is 10.6 Å². The second kappa shape index (κ2) is 4.19. The van der Waals surface area contributed by atoms with Crippen LogP contribution in [0.15, 0.2) is 29.4 Å². The van der Waals surface area contributed by atoms with Gasteiger partial charge in [-0.1, -0.05) is 12.1 Å². The summed E-state index contributed by atoms with van der Waals surface area (Å²) in [5, 5.41) is 3.97.